The van der Waals surface area contributed by atoms with Gasteiger partial charge in [0.05, 0.1) is 6.61 Å². The maximum atomic E-state index is 6.32. The molecule has 2 rings (SSSR count). The van der Waals surface area contributed by atoms with Crippen molar-refractivity contribution in [1.82, 2.24) is 4.90 Å². The van der Waals surface area contributed by atoms with Gasteiger partial charge in [-0.15, -0.1) is 0 Å². The van der Waals surface area contributed by atoms with Gasteiger partial charge in [0.25, 0.3) is 0 Å². The largest absolute Gasteiger partial charge is 0.380 e. The van der Waals surface area contributed by atoms with E-state index in [9.17, 15) is 0 Å². The summed E-state index contributed by atoms with van der Waals surface area (Å²) in [6, 6.07) is 0. The molecule has 0 amide bonds. The molecule has 0 aromatic rings. The molecule has 2 fully saturated rings. The zero-order chi connectivity index (χ0) is 10.0. The molecule has 1 saturated heterocycles. The Morgan fingerprint density at radius 3 is 2.86 bits per heavy atom. The molecule has 1 saturated carbocycles. The van der Waals surface area contributed by atoms with E-state index in [1.807, 2.05) is 0 Å². The van der Waals surface area contributed by atoms with Gasteiger partial charge < -0.3 is 10.5 Å². The van der Waals surface area contributed by atoms with E-state index in [0.717, 1.165) is 45.2 Å². The van der Waals surface area contributed by atoms with Gasteiger partial charge >= 0.3 is 0 Å². The van der Waals surface area contributed by atoms with Gasteiger partial charge in [-0.2, -0.15) is 0 Å². The molecule has 1 atom stereocenters. The second kappa shape index (κ2) is 4.17. The standard InChI is InChI=1S/C11H22N2O/c1-11(12,10-3-4-10)9-13-5-2-7-14-8-6-13/h10H,2-9,12H2,1H3. The molecule has 3 heteroatoms. The first-order valence-electron chi connectivity index (χ1n) is 5.77. The fourth-order valence-electron chi connectivity index (χ4n) is 2.31. The van der Waals surface area contributed by atoms with Crippen molar-refractivity contribution < 1.29 is 4.74 Å². The van der Waals surface area contributed by atoms with E-state index in [2.05, 4.69) is 11.8 Å². The van der Waals surface area contributed by atoms with Crippen LogP contribution in [0.1, 0.15) is 26.2 Å². The molecule has 0 aromatic heterocycles. The molecule has 0 aromatic carbocycles. The minimum atomic E-state index is 0.0321. The molecule has 1 aliphatic carbocycles. The number of hydrogen-bond donors (Lipinski definition) is 1. The van der Waals surface area contributed by atoms with Crippen molar-refractivity contribution in [2.75, 3.05) is 32.8 Å². The van der Waals surface area contributed by atoms with Crippen LogP contribution in [-0.4, -0.2) is 43.3 Å². The molecule has 0 bridgehead atoms. The molecule has 2 aliphatic rings. The maximum absolute atomic E-state index is 6.32. The summed E-state index contributed by atoms with van der Waals surface area (Å²) in [5.74, 6) is 0.770. The van der Waals surface area contributed by atoms with Crippen LogP contribution in [0.25, 0.3) is 0 Å². The molecular formula is C11H22N2O. The SMILES string of the molecule is CC(N)(CN1CCCOCC1)C1CC1. The fraction of sp³-hybridized carbons (Fsp3) is 1.00. The van der Waals surface area contributed by atoms with E-state index >= 15 is 0 Å². The minimum absolute atomic E-state index is 0.0321. The molecule has 3 nitrogen and oxygen atoms in total. The molecule has 14 heavy (non-hydrogen) atoms. The number of nitrogens with zero attached hydrogens (tertiary/aromatic N) is 1. The number of hydrogen-bond acceptors (Lipinski definition) is 3. The van der Waals surface area contributed by atoms with E-state index in [4.69, 9.17) is 10.5 Å². The summed E-state index contributed by atoms with van der Waals surface area (Å²) in [7, 11) is 0. The van der Waals surface area contributed by atoms with Crippen molar-refractivity contribution in [2.45, 2.75) is 31.7 Å². The molecule has 1 unspecified atom stereocenters. The van der Waals surface area contributed by atoms with Crippen LogP contribution in [0, 0.1) is 5.92 Å². The van der Waals surface area contributed by atoms with Gasteiger partial charge in [-0.05, 0) is 32.1 Å². The Morgan fingerprint density at radius 1 is 1.36 bits per heavy atom. The molecular weight excluding hydrogens is 176 g/mol. The summed E-state index contributed by atoms with van der Waals surface area (Å²) in [5, 5.41) is 0. The van der Waals surface area contributed by atoms with Crippen molar-refractivity contribution in [3.05, 3.63) is 0 Å². The molecule has 1 heterocycles. The van der Waals surface area contributed by atoms with Gasteiger partial charge in [-0.25, -0.2) is 0 Å². The number of rotatable bonds is 3. The third kappa shape index (κ3) is 2.69. The highest BCUT2D eigenvalue weighted by Gasteiger charge is 2.39. The van der Waals surface area contributed by atoms with E-state index < -0.39 is 0 Å². The lowest BCUT2D eigenvalue weighted by Crippen LogP contribution is -2.50. The second-order valence-corrected chi connectivity index (χ2v) is 5.02. The number of nitrogens with two attached hydrogens (primary N) is 1. The fourth-order valence-corrected chi connectivity index (χ4v) is 2.31. The Balaban J connectivity index is 1.82. The highest BCUT2D eigenvalue weighted by atomic mass is 16.5. The minimum Gasteiger partial charge on any atom is -0.380 e. The zero-order valence-electron chi connectivity index (χ0n) is 9.17. The van der Waals surface area contributed by atoms with E-state index in [0.29, 0.717) is 0 Å². The lowest BCUT2D eigenvalue weighted by Gasteiger charge is -2.31. The number of ether oxygens (including phenoxy) is 1. The first-order valence-corrected chi connectivity index (χ1v) is 5.77. The zero-order valence-corrected chi connectivity index (χ0v) is 9.17. The second-order valence-electron chi connectivity index (χ2n) is 5.02. The summed E-state index contributed by atoms with van der Waals surface area (Å²) in [6.07, 6.45) is 3.81. The highest BCUT2D eigenvalue weighted by molar-refractivity contribution is 4.97. The molecule has 2 N–H and O–H groups in total. The van der Waals surface area contributed by atoms with Crippen LogP contribution in [0.15, 0.2) is 0 Å². The van der Waals surface area contributed by atoms with Crippen LogP contribution < -0.4 is 5.73 Å². The van der Waals surface area contributed by atoms with Crippen molar-refractivity contribution >= 4 is 0 Å². The molecule has 1 aliphatic heterocycles. The monoisotopic (exact) mass is 198 g/mol. The lowest BCUT2D eigenvalue weighted by atomic mass is 9.96. The van der Waals surface area contributed by atoms with E-state index in [1.54, 1.807) is 0 Å². The third-order valence-corrected chi connectivity index (χ3v) is 3.39. The Morgan fingerprint density at radius 2 is 2.14 bits per heavy atom. The summed E-state index contributed by atoms with van der Waals surface area (Å²) >= 11 is 0. The van der Waals surface area contributed by atoms with Crippen LogP contribution in [-0.2, 0) is 4.74 Å². The predicted molar refractivity (Wildman–Crippen MR) is 57.2 cm³/mol. The Kier molecular flexibility index (Phi) is 3.10. The molecule has 0 radical (unpaired) electrons. The van der Waals surface area contributed by atoms with Gasteiger partial charge in [0.1, 0.15) is 0 Å². The van der Waals surface area contributed by atoms with Crippen molar-refractivity contribution in [1.29, 1.82) is 0 Å². The van der Waals surface area contributed by atoms with Crippen molar-refractivity contribution in [3.63, 3.8) is 0 Å². The summed E-state index contributed by atoms with van der Waals surface area (Å²) < 4.78 is 5.43. The summed E-state index contributed by atoms with van der Waals surface area (Å²) in [4.78, 5) is 2.46. The third-order valence-electron chi connectivity index (χ3n) is 3.39. The van der Waals surface area contributed by atoms with Gasteiger partial charge in [-0.3, -0.25) is 4.90 Å². The van der Waals surface area contributed by atoms with E-state index in [1.165, 1.54) is 12.8 Å². The van der Waals surface area contributed by atoms with E-state index in [-0.39, 0.29) is 5.54 Å². The van der Waals surface area contributed by atoms with Gasteiger partial charge in [-0.1, -0.05) is 0 Å². The smallest absolute Gasteiger partial charge is 0.0593 e. The summed E-state index contributed by atoms with van der Waals surface area (Å²) in [5.41, 5.74) is 6.35. The molecule has 82 valence electrons. The summed E-state index contributed by atoms with van der Waals surface area (Å²) in [6.45, 7) is 7.25. The highest BCUT2D eigenvalue weighted by Crippen LogP contribution is 2.38. The maximum Gasteiger partial charge on any atom is 0.0593 e. The van der Waals surface area contributed by atoms with Crippen LogP contribution in [0.4, 0.5) is 0 Å². The Bertz CT molecular complexity index is 182. The topological polar surface area (TPSA) is 38.5 Å². The first-order chi connectivity index (χ1) is 6.68. The van der Waals surface area contributed by atoms with Crippen LogP contribution in [0.2, 0.25) is 0 Å². The van der Waals surface area contributed by atoms with Crippen LogP contribution in [0.3, 0.4) is 0 Å². The van der Waals surface area contributed by atoms with Crippen LogP contribution >= 0.6 is 0 Å². The van der Waals surface area contributed by atoms with Gasteiger partial charge in [0.2, 0.25) is 0 Å². The predicted octanol–water partition coefficient (Wildman–Crippen LogP) is 0.836. The first kappa shape index (κ1) is 10.4. The van der Waals surface area contributed by atoms with Crippen LogP contribution in [0.5, 0.6) is 0 Å². The van der Waals surface area contributed by atoms with Crippen molar-refractivity contribution in [2.24, 2.45) is 11.7 Å². The van der Waals surface area contributed by atoms with Gasteiger partial charge in [0, 0.05) is 31.8 Å². The Labute approximate surface area is 86.6 Å². The van der Waals surface area contributed by atoms with Gasteiger partial charge in [0.15, 0.2) is 0 Å². The average molecular weight is 198 g/mol. The van der Waals surface area contributed by atoms with Crippen molar-refractivity contribution in [3.8, 4) is 0 Å². The normalized spacial score (nSPS) is 29.6. The lowest BCUT2D eigenvalue weighted by molar-refractivity contribution is 0.135. The average Bonchev–Trinajstić information content (AvgIpc) is 2.90. The quantitative estimate of drug-likeness (QED) is 0.730. The Hall–Kier alpha value is -0.120. The molecule has 0 spiro atoms.